The van der Waals surface area contributed by atoms with Gasteiger partial charge in [0, 0.05) is 13.5 Å². The highest BCUT2D eigenvalue weighted by molar-refractivity contribution is 5.86. The number of hydrogen-bond donors (Lipinski definition) is 2. The lowest BCUT2D eigenvalue weighted by atomic mass is 10.1. The van der Waals surface area contributed by atoms with E-state index in [1.54, 1.807) is 20.8 Å². The number of ether oxygens (including phenoxy) is 2. The Balaban J connectivity index is 2.50. The van der Waals surface area contributed by atoms with Gasteiger partial charge in [0.15, 0.2) is 0 Å². The highest BCUT2D eigenvalue weighted by atomic mass is 16.6. The van der Waals surface area contributed by atoms with Crippen molar-refractivity contribution >= 4 is 18.0 Å². The molecule has 0 heterocycles. The Hall–Kier alpha value is -2.57. The van der Waals surface area contributed by atoms with Gasteiger partial charge in [0.05, 0.1) is 0 Å². The van der Waals surface area contributed by atoms with Crippen LogP contribution in [-0.4, -0.2) is 36.7 Å². The predicted molar refractivity (Wildman–Crippen MR) is 92.7 cm³/mol. The van der Waals surface area contributed by atoms with Crippen LogP contribution >= 0.6 is 0 Å². The van der Waals surface area contributed by atoms with Crippen LogP contribution in [0, 0.1) is 0 Å². The molecule has 0 aliphatic heterocycles. The Morgan fingerprint density at radius 2 is 1.76 bits per heavy atom. The lowest BCUT2D eigenvalue weighted by Gasteiger charge is -2.21. The number of carbonyl (C=O) groups is 3. The Morgan fingerprint density at radius 3 is 2.32 bits per heavy atom. The van der Waals surface area contributed by atoms with Gasteiger partial charge in [0.25, 0.3) is 0 Å². The molecule has 0 fully saturated rings. The van der Waals surface area contributed by atoms with Crippen LogP contribution in [-0.2, 0) is 25.7 Å². The molecule has 1 aromatic carbocycles. The van der Waals surface area contributed by atoms with E-state index >= 15 is 0 Å². The molecule has 1 aromatic rings. The van der Waals surface area contributed by atoms with Gasteiger partial charge in [-0.05, 0) is 32.8 Å². The fourth-order valence-corrected chi connectivity index (χ4v) is 2.00. The van der Waals surface area contributed by atoms with E-state index in [1.165, 1.54) is 7.05 Å². The largest absolute Gasteiger partial charge is 0.460 e. The van der Waals surface area contributed by atoms with Crippen LogP contribution in [0.25, 0.3) is 0 Å². The van der Waals surface area contributed by atoms with Gasteiger partial charge in [-0.3, -0.25) is 9.59 Å². The van der Waals surface area contributed by atoms with E-state index in [1.807, 2.05) is 30.3 Å². The minimum atomic E-state index is -0.874. The van der Waals surface area contributed by atoms with Gasteiger partial charge in [-0.25, -0.2) is 4.79 Å². The average molecular weight is 350 g/mol. The molecule has 0 unspecified atom stereocenters. The number of carbonyl (C=O) groups excluding carboxylic acids is 3. The van der Waals surface area contributed by atoms with Crippen molar-refractivity contribution in [2.75, 3.05) is 7.05 Å². The van der Waals surface area contributed by atoms with E-state index in [4.69, 9.17) is 9.47 Å². The maximum absolute atomic E-state index is 11.9. The molecule has 0 saturated carbocycles. The first kappa shape index (κ1) is 20.5. The van der Waals surface area contributed by atoms with E-state index in [9.17, 15) is 14.4 Å². The summed E-state index contributed by atoms with van der Waals surface area (Å²) in [6.07, 6.45) is -0.592. The first-order valence-corrected chi connectivity index (χ1v) is 8.12. The van der Waals surface area contributed by atoms with Gasteiger partial charge < -0.3 is 20.1 Å². The number of esters is 1. The van der Waals surface area contributed by atoms with Crippen LogP contribution in [0.15, 0.2) is 30.3 Å². The van der Waals surface area contributed by atoms with Crippen molar-refractivity contribution in [1.29, 1.82) is 0 Å². The lowest BCUT2D eigenvalue weighted by Crippen LogP contribution is -2.46. The minimum absolute atomic E-state index is 0.00826. The van der Waals surface area contributed by atoms with E-state index in [0.717, 1.165) is 5.56 Å². The van der Waals surface area contributed by atoms with Gasteiger partial charge in [-0.15, -0.1) is 0 Å². The lowest BCUT2D eigenvalue weighted by molar-refractivity contribution is -0.155. The van der Waals surface area contributed by atoms with Crippen LogP contribution in [0.1, 0.15) is 39.2 Å². The number of amides is 2. The normalized spacial score (nSPS) is 12.0. The first-order valence-electron chi connectivity index (χ1n) is 8.12. The number of benzene rings is 1. The summed E-state index contributed by atoms with van der Waals surface area (Å²) < 4.78 is 10.3. The van der Waals surface area contributed by atoms with Crippen LogP contribution in [0.4, 0.5) is 4.79 Å². The third-order valence-electron chi connectivity index (χ3n) is 3.12. The fraction of sp³-hybridized carbons (Fsp3) is 0.500. The summed E-state index contributed by atoms with van der Waals surface area (Å²) >= 11 is 0. The second-order valence-corrected chi connectivity index (χ2v) is 6.50. The molecule has 1 rings (SSSR count). The maximum atomic E-state index is 11.9. The molecule has 2 amide bonds. The Bertz CT molecular complexity index is 581. The summed E-state index contributed by atoms with van der Waals surface area (Å²) in [4.78, 5) is 35.5. The Kier molecular flexibility index (Phi) is 7.91. The molecule has 0 aromatic heterocycles. The van der Waals surface area contributed by atoms with Crippen LogP contribution in [0.5, 0.6) is 0 Å². The van der Waals surface area contributed by atoms with Gasteiger partial charge in [-0.2, -0.15) is 0 Å². The molecular weight excluding hydrogens is 324 g/mol. The molecule has 138 valence electrons. The highest BCUT2D eigenvalue weighted by Gasteiger charge is 2.23. The van der Waals surface area contributed by atoms with Crippen molar-refractivity contribution in [1.82, 2.24) is 10.6 Å². The molecule has 7 heteroatoms. The molecule has 0 aliphatic carbocycles. The molecule has 1 atom stereocenters. The molecule has 0 saturated heterocycles. The maximum Gasteiger partial charge on any atom is 0.408 e. The van der Waals surface area contributed by atoms with Crippen molar-refractivity contribution in [3.63, 3.8) is 0 Å². The topological polar surface area (TPSA) is 93.7 Å². The summed E-state index contributed by atoms with van der Waals surface area (Å²) in [7, 11) is 1.46. The standard InChI is InChI=1S/C18H26N2O5/c1-18(2,3)25-15(21)11-10-14(16(22)19-4)20-17(23)24-12-13-8-6-5-7-9-13/h5-9,14H,10-12H2,1-4H3,(H,19,22)(H,20,23)/t14-/m0/s1. The third-order valence-corrected chi connectivity index (χ3v) is 3.12. The minimum Gasteiger partial charge on any atom is -0.460 e. The zero-order chi connectivity index (χ0) is 18.9. The Morgan fingerprint density at radius 1 is 1.12 bits per heavy atom. The average Bonchev–Trinajstić information content (AvgIpc) is 2.55. The highest BCUT2D eigenvalue weighted by Crippen LogP contribution is 2.10. The van der Waals surface area contributed by atoms with Crippen molar-refractivity contribution in [2.45, 2.75) is 51.9 Å². The number of nitrogens with one attached hydrogen (secondary N) is 2. The van der Waals surface area contributed by atoms with Gasteiger partial charge in [-0.1, -0.05) is 30.3 Å². The van der Waals surface area contributed by atoms with Crippen molar-refractivity contribution in [3.05, 3.63) is 35.9 Å². The second kappa shape index (κ2) is 9.66. The van der Waals surface area contributed by atoms with Crippen molar-refractivity contribution in [2.24, 2.45) is 0 Å². The summed E-state index contributed by atoms with van der Waals surface area (Å²) in [5.41, 5.74) is 0.240. The van der Waals surface area contributed by atoms with Crippen LogP contribution in [0.3, 0.4) is 0 Å². The van der Waals surface area contributed by atoms with Gasteiger partial charge in [0.1, 0.15) is 18.2 Å². The molecule has 0 radical (unpaired) electrons. The molecule has 7 nitrogen and oxygen atoms in total. The first-order chi connectivity index (χ1) is 11.7. The smallest absolute Gasteiger partial charge is 0.408 e. The van der Waals surface area contributed by atoms with Gasteiger partial charge >= 0.3 is 12.1 Å². The summed E-state index contributed by atoms with van der Waals surface area (Å²) in [6.45, 7) is 5.39. The van der Waals surface area contributed by atoms with Crippen LogP contribution < -0.4 is 10.6 Å². The van der Waals surface area contributed by atoms with E-state index < -0.39 is 29.6 Å². The molecule has 25 heavy (non-hydrogen) atoms. The van der Waals surface area contributed by atoms with E-state index in [2.05, 4.69) is 10.6 Å². The second-order valence-electron chi connectivity index (χ2n) is 6.50. The zero-order valence-corrected chi connectivity index (χ0v) is 15.1. The number of likely N-dealkylation sites (N-methyl/N-ethyl adjacent to an activating group) is 1. The summed E-state index contributed by atoms with van der Waals surface area (Å²) in [5.74, 6) is -0.832. The molecular formula is C18H26N2O5. The number of hydrogen-bond acceptors (Lipinski definition) is 5. The monoisotopic (exact) mass is 350 g/mol. The van der Waals surface area contributed by atoms with Crippen LogP contribution in [0.2, 0.25) is 0 Å². The summed E-state index contributed by atoms with van der Waals surface area (Å²) in [5, 5.41) is 4.93. The molecule has 0 aliphatic rings. The quantitative estimate of drug-likeness (QED) is 0.735. The number of alkyl carbamates (subject to hydrolysis) is 1. The third kappa shape index (κ3) is 8.74. The SMILES string of the molecule is CNC(=O)[C@H](CCC(=O)OC(C)(C)C)NC(=O)OCc1ccccc1. The van der Waals surface area contributed by atoms with Crippen molar-refractivity contribution in [3.8, 4) is 0 Å². The molecule has 0 bridgehead atoms. The number of rotatable bonds is 7. The van der Waals surface area contributed by atoms with Crippen molar-refractivity contribution < 1.29 is 23.9 Å². The Labute approximate surface area is 148 Å². The van der Waals surface area contributed by atoms with E-state index in [-0.39, 0.29) is 19.4 Å². The molecule has 0 spiro atoms. The fourth-order valence-electron chi connectivity index (χ4n) is 2.00. The zero-order valence-electron chi connectivity index (χ0n) is 15.1. The summed E-state index contributed by atoms with van der Waals surface area (Å²) in [6, 6.07) is 8.32. The predicted octanol–water partition coefficient (Wildman–Crippen LogP) is 2.15. The van der Waals surface area contributed by atoms with Gasteiger partial charge in [0.2, 0.25) is 5.91 Å². The van der Waals surface area contributed by atoms with E-state index in [0.29, 0.717) is 0 Å². The molecule has 2 N–H and O–H groups in total.